The second-order valence-electron chi connectivity index (χ2n) is 7.53. The maximum absolute atomic E-state index is 12.4. The molecule has 0 amide bonds. The maximum Gasteiger partial charge on any atom is 0.267 e. The normalized spacial score (nSPS) is 22.4. The van der Waals surface area contributed by atoms with Crippen molar-refractivity contribution in [3.8, 4) is 0 Å². The lowest BCUT2D eigenvalue weighted by molar-refractivity contribution is 0.481. The predicted molar refractivity (Wildman–Crippen MR) is 94.9 cm³/mol. The molecule has 1 saturated carbocycles. The Bertz CT molecular complexity index is 857. The van der Waals surface area contributed by atoms with E-state index in [1.54, 1.807) is 10.7 Å². The van der Waals surface area contributed by atoms with Crippen LogP contribution in [0.1, 0.15) is 55.1 Å². The first kappa shape index (κ1) is 15.0. The maximum atomic E-state index is 12.4. The van der Waals surface area contributed by atoms with E-state index in [4.69, 9.17) is 4.98 Å². The van der Waals surface area contributed by atoms with Crippen molar-refractivity contribution < 1.29 is 0 Å². The van der Waals surface area contributed by atoms with Gasteiger partial charge in [0.1, 0.15) is 11.6 Å². The number of anilines is 1. The van der Waals surface area contributed by atoms with Gasteiger partial charge in [-0.3, -0.25) is 4.79 Å². The quantitative estimate of drug-likeness (QED) is 0.854. The summed E-state index contributed by atoms with van der Waals surface area (Å²) in [6.07, 6.45) is 9.63. The van der Waals surface area contributed by atoms with Gasteiger partial charge in [-0.25, -0.2) is 14.6 Å². The monoisotopic (exact) mass is 337 g/mol. The zero-order valence-corrected chi connectivity index (χ0v) is 14.4. The minimum Gasteiger partial charge on any atom is -0.352 e. The minimum atomic E-state index is 0.0360. The highest BCUT2D eigenvalue weighted by molar-refractivity contribution is 5.41. The molecule has 0 N–H and O–H groups in total. The second-order valence-corrected chi connectivity index (χ2v) is 7.53. The molecule has 2 fully saturated rings. The first-order chi connectivity index (χ1) is 12.3. The largest absolute Gasteiger partial charge is 0.352 e. The summed E-state index contributed by atoms with van der Waals surface area (Å²) in [5.41, 5.74) is 2.30. The summed E-state index contributed by atoms with van der Waals surface area (Å²) in [5.74, 6) is 2.55. The average molecular weight is 337 g/mol. The van der Waals surface area contributed by atoms with E-state index >= 15 is 0 Å². The summed E-state index contributed by atoms with van der Waals surface area (Å²) >= 11 is 0. The van der Waals surface area contributed by atoms with Crippen molar-refractivity contribution in [3.05, 3.63) is 45.8 Å². The summed E-state index contributed by atoms with van der Waals surface area (Å²) in [5, 5.41) is 4.64. The lowest BCUT2D eigenvalue weighted by Crippen LogP contribution is -2.38. The summed E-state index contributed by atoms with van der Waals surface area (Å²) in [6, 6.07) is 4.08. The molecule has 6 heteroatoms. The zero-order chi connectivity index (χ0) is 16.8. The summed E-state index contributed by atoms with van der Waals surface area (Å²) in [6.45, 7) is 1.64. The number of hydrogen-bond donors (Lipinski definition) is 0. The van der Waals surface area contributed by atoms with Crippen LogP contribution in [-0.2, 0) is 19.4 Å². The number of nitrogens with zero attached hydrogens (tertiary/aromatic N) is 5. The van der Waals surface area contributed by atoms with Gasteiger partial charge in [0.15, 0.2) is 0 Å². The van der Waals surface area contributed by atoms with Crippen molar-refractivity contribution in [2.45, 2.75) is 63.5 Å². The second kappa shape index (κ2) is 5.93. The van der Waals surface area contributed by atoms with Crippen molar-refractivity contribution in [2.24, 2.45) is 0 Å². The highest BCUT2D eigenvalue weighted by atomic mass is 16.1. The molecule has 2 aliphatic carbocycles. The lowest BCUT2D eigenvalue weighted by atomic mass is 10.2. The van der Waals surface area contributed by atoms with Crippen LogP contribution >= 0.6 is 0 Å². The van der Waals surface area contributed by atoms with Crippen LogP contribution < -0.4 is 10.5 Å². The fraction of sp³-hybridized carbons (Fsp3) is 0.579. The smallest absolute Gasteiger partial charge is 0.267 e. The Hall–Kier alpha value is -2.24. The Morgan fingerprint density at radius 2 is 2.08 bits per heavy atom. The number of hydrogen-bond acceptors (Lipinski definition) is 5. The SMILES string of the molecule is O=c1cc2c(nn1CC1CCCN1c1ccnc(C3CC3)n1)CCC2. The van der Waals surface area contributed by atoms with Crippen LogP contribution in [0.25, 0.3) is 0 Å². The van der Waals surface area contributed by atoms with Crippen molar-refractivity contribution in [1.82, 2.24) is 19.7 Å². The van der Waals surface area contributed by atoms with Gasteiger partial charge in [0.25, 0.3) is 5.56 Å². The van der Waals surface area contributed by atoms with Gasteiger partial charge in [0, 0.05) is 24.7 Å². The van der Waals surface area contributed by atoms with E-state index in [2.05, 4.69) is 15.0 Å². The van der Waals surface area contributed by atoms with Crippen LogP contribution in [0.3, 0.4) is 0 Å². The van der Waals surface area contributed by atoms with Gasteiger partial charge in [-0.2, -0.15) is 5.10 Å². The van der Waals surface area contributed by atoms with E-state index in [1.807, 2.05) is 12.3 Å². The topological polar surface area (TPSA) is 63.9 Å². The van der Waals surface area contributed by atoms with Gasteiger partial charge in [-0.05, 0) is 56.6 Å². The molecule has 3 aliphatic rings. The predicted octanol–water partition coefficient (Wildman–Crippen LogP) is 2.07. The standard InChI is InChI=1S/C19H23N5O/c25-18-11-14-3-1-5-16(14)22-24(18)12-15-4-2-10-23(15)17-8-9-20-19(21-17)13-6-7-13/h8-9,11,13,15H,1-7,10,12H2. The molecule has 0 spiro atoms. The molecule has 2 aromatic heterocycles. The van der Waals surface area contributed by atoms with E-state index < -0.39 is 0 Å². The average Bonchev–Trinajstić information content (AvgIpc) is 3.22. The van der Waals surface area contributed by atoms with Gasteiger partial charge >= 0.3 is 0 Å². The molecular weight excluding hydrogens is 314 g/mol. The van der Waals surface area contributed by atoms with Crippen LogP contribution in [0.2, 0.25) is 0 Å². The summed E-state index contributed by atoms with van der Waals surface area (Å²) < 4.78 is 1.68. The molecule has 0 bridgehead atoms. The van der Waals surface area contributed by atoms with E-state index in [0.717, 1.165) is 61.5 Å². The van der Waals surface area contributed by atoms with Crippen LogP contribution in [0.4, 0.5) is 5.82 Å². The van der Waals surface area contributed by atoms with Gasteiger partial charge < -0.3 is 4.90 Å². The van der Waals surface area contributed by atoms with E-state index in [1.165, 1.54) is 12.8 Å². The molecule has 0 radical (unpaired) electrons. The Morgan fingerprint density at radius 3 is 2.96 bits per heavy atom. The molecular formula is C19H23N5O. The highest BCUT2D eigenvalue weighted by Gasteiger charge is 2.30. The highest BCUT2D eigenvalue weighted by Crippen LogP contribution is 2.38. The molecule has 1 unspecified atom stereocenters. The molecule has 0 aromatic carbocycles. The number of fused-ring (bicyclic) bond motifs is 1. The van der Waals surface area contributed by atoms with Gasteiger partial charge in [0.2, 0.25) is 0 Å². The third-order valence-electron chi connectivity index (χ3n) is 5.68. The molecule has 25 heavy (non-hydrogen) atoms. The fourth-order valence-electron chi connectivity index (χ4n) is 4.16. The Labute approximate surface area is 146 Å². The Kier molecular flexibility index (Phi) is 3.57. The van der Waals surface area contributed by atoms with Gasteiger partial charge in [-0.1, -0.05) is 0 Å². The third-order valence-corrected chi connectivity index (χ3v) is 5.68. The summed E-state index contributed by atoms with van der Waals surface area (Å²) in [7, 11) is 0. The van der Waals surface area contributed by atoms with Crippen molar-refractivity contribution in [1.29, 1.82) is 0 Å². The molecule has 130 valence electrons. The van der Waals surface area contributed by atoms with Crippen LogP contribution in [-0.4, -0.2) is 32.3 Å². The Balaban J connectivity index is 1.40. The first-order valence-corrected chi connectivity index (χ1v) is 9.47. The molecule has 1 aliphatic heterocycles. The van der Waals surface area contributed by atoms with Gasteiger partial charge in [0.05, 0.1) is 18.3 Å². The first-order valence-electron chi connectivity index (χ1n) is 9.47. The number of rotatable bonds is 4. The Morgan fingerprint density at radius 1 is 1.16 bits per heavy atom. The molecule has 2 aromatic rings. The zero-order valence-electron chi connectivity index (χ0n) is 14.4. The molecule has 1 saturated heterocycles. The van der Waals surface area contributed by atoms with E-state index in [-0.39, 0.29) is 11.6 Å². The molecule has 5 rings (SSSR count). The van der Waals surface area contributed by atoms with Crippen LogP contribution in [0, 0.1) is 0 Å². The summed E-state index contributed by atoms with van der Waals surface area (Å²) in [4.78, 5) is 24.0. The number of aromatic nitrogens is 4. The van der Waals surface area contributed by atoms with E-state index in [0.29, 0.717) is 12.5 Å². The fourth-order valence-corrected chi connectivity index (χ4v) is 4.16. The van der Waals surface area contributed by atoms with Crippen LogP contribution in [0.15, 0.2) is 23.1 Å². The number of aryl methyl sites for hydroxylation is 2. The molecule has 3 heterocycles. The minimum absolute atomic E-state index is 0.0360. The van der Waals surface area contributed by atoms with Crippen molar-refractivity contribution in [3.63, 3.8) is 0 Å². The third kappa shape index (κ3) is 2.83. The van der Waals surface area contributed by atoms with Crippen molar-refractivity contribution in [2.75, 3.05) is 11.4 Å². The van der Waals surface area contributed by atoms with Crippen molar-refractivity contribution >= 4 is 5.82 Å². The van der Waals surface area contributed by atoms with Crippen LogP contribution in [0.5, 0.6) is 0 Å². The lowest BCUT2D eigenvalue weighted by Gasteiger charge is -2.26. The molecule has 6 nitrogen and oxygen atoms in total. The van der Waals surface area contributed by atoms with Gasteiger partial charge in [-0.15, -0.1) is 0 Å². The van der Waals surface area contributed by atoms with E-state index in [9.17, 15) is 4.79 Å². The molecule has 1 atom stereocenters.